The molecule has 0 radical (unpaired) electrons. The summed E-state index contributed by atoms with van der Waals surface area (Å²) in [6, 6.07) is 10.3. The lowest BCUT2D eigenvalue weighted by Gasteiger charge is -2.18. The van der Waals surface area contributed by atoms with Crippen molar-refractivity contribution < 1.29 is 18.0 Å². The number of nitrogens with zero attached hydrogens (tertiary/aromatic N) is 1. The molecule has 0 spiro atoms. The third-order valence-corrected chi connectivity index (χ3v) is 6.75. The van der Waals surface area contributed by atoms with E-state index in [1.165, 1.54) is 40.7 Å². The maximum absolute atomic E-state index is 12.6. The fraction of sp³-hybridized carbons (Fsp3) is 0.333. The molecule has 0 unspecified atom stereocenters. The van der Waals surface area contributed by atoms with Crippen LogP contribution in [0.25, 0.3) is 0 Å². The number of hydrogen-bond donors (Lipinski definition) is 2. The highest BCUT2D eigenvalue weighted by molar-refractivity contribution is 7.89. The van der Waals surface area contributed by atoms with Gasteiger partial charge in [-0.2, -0.15) is 4.31 Å². The summed E-state index contributed by atoms with van der Waals surface area (Å²) >= 11 is 6.16. The Morgan fingerprint density at radius 1 is 0.967 bits per heavy atom. The van der Waals surface area contributed by atoms with Crippen molar-refractivity contribution in [3.8, 4) is 0 Å². The van der Waals surface area contributed by atoms with E-state index in [0.717, 1.165) is 0 Å². The molecule has 7 nitrogen and oxygen atoms in total. The summed E-state index contributed by atoms with van der Waals surface area (Å²) in [6.45, 7) is 7.95. The van der Waals surface area contributed by atoms with Gasteiger partial charge in [-0.05, 0) is 56.3 Å². The van der Waals surface area contributed by atoms with E-state index in [0.29, 0.717) is 18.7 Å². The van der Waals surface area contributed by atoms with E-state index in [2.05, 4.69) is 10.6 Å². The molecular weight excluding hydrogens is 426 g/mol. The summed E-state index contributed by atoms with van der Waals surface area (Å²) in [6.07, 6.45) is 0. The first kappa shape index (κ1) is 23.9. The first-order valence-corrected chi connectivity index (χ1v) is 11.4. The number of carbonyl (C=O) groups excluding carboxylic acids is 2. The van der Waals surface area contributed by atoms with Gasteiger partial charge < -0.3 is 10.6 Å². The summed E-state index contributed by atoms with van der Waals surface area (Å²) in [7, 11) is -3.60. The Kier molecular flexibility index (Phi) is 8.00. The van der Waals surface area contributed by atoms with Crippen molar-refractivity contribution in [3.05, 3.63) is 58.6 Å². The first-order valence-electron chi connectivity index (χ1n) is 9.62. The number of halogens is 1. The van der Waals surface area contributed by atoms with Gasteiger partial charge in [0.1, 0.15) is 0 Å². The quantitative estimate of drug-likeness (QED) is 0.638. The standard InChI is InChI=1S/C21H26ClN3O4S/c1-5-25(6-2)30(28,29)17-10-7-15(8-11-17)20(26)24-19-13-16(9-12-18(19)22)21(27)23-14(3)4/h7-14H,5-6H2,1-4H3,(H,23,27)(H,24,26). The summed E-state index contributed by atoms with van der Waals surface area (Å²) < 4.78 is 26.5. The SMILES string of the molecule is CCN(CC)S(=O)(=O)c1ccc(C(=O)Nc2cc(C(=O)NC(C)C)ccc2Cl)cc1. The van der Waals surface area contributed by atoms with Crippen molar-refractivity contribution in [2.45, 2.75) is 38.6 Å². The smallest absolute Gasteiger partial charge is 0.255 e. The van der Waals surface area contributed by atoms with Crippen LogP contribution in [0.4, 0.5) is 5.69 Å². The molecule has 0 heterocycles. The number of rotatable bonds is 8. The molecule has 0 atom stereocenters. The number of nitrogens with one attached hydrogen (secondary N) is 2. The minimum absolute atomic E-state index is 0.0302. The zero-order valence-corrected chi connectivity index (χ0v) is 19.0. The second kappa shape index (κ2) is 10.1. The van der Waals surface area contributed by atoms with E-state index in [1.54, 1.807) is 19.9 Å². The molecule has 2 N–H and O–H groups in total. The molecule has 0 saturated heterocycles. The molecule has 2 rings (SSSR count). The number of benzene rings is 2. The Hall–Kier alpha value is -2.42. The van der Waals surface area contributed by atoms with Crippen molar-refractivity contribution in [1.82, 2.24) is 9.62 Å². The largest absolute Gasteiger partial charge is 0.350 e. The van der Waals surface area contributed by atoms with E-state index in [1.807, 2.05) is 13.8 Å². The Labute approximate surface area is 182 Å². The summed E-state index contributed by atoms with van der Waals surface area (Å²) in [5.74, 6) is -0.742. The van der Waals surface area contributed by atoms with Gasteiger partial charge in [0.05, 0.1) is 15.6 Å². The van der Waals surface area contributed by atoms with E-state index in [4.69, 9.17) is 11.6 Å². The van der Waals surface area contributed by atoms with Crippen LogP contribution in [0.15, 0.2) is 47.4 Å². The monoisotopic (exact) mass is 451 g/mol. The second-order valence-electron chi connectivity index (χ2n) is 6.89. The van der Waals surface area contributed by atoms with Gasteiger partial charge in [0.2, 0.25) is 10.0 Å². The predicted molar refractivity (Wildman–Crippen MR) is 119 cm³/mol. The number of carbonyl (C=O) groups is 2. The first-order chi connectivity index (χ1) is 14.1. The van der Waals surface area contributed by atoms with Crippen LogP contribution < -0.4 is 10.6 Å². The van der Waals surface area contributed by atoms with Gasteiger partial charge >= 0.3 is 0 Å². The van der Waals surface area contributed by atoms with Crippen LogP contribution in [-0.2, 0) is 10.0 Å². The zero-order chi connectivity index (χ0) is 22.5. The normalized spacial score (nSPS) is 11.6. The molecule has 2 amide bonds. The molecule has 0 aliphatic rings. The number of sulfonamides is 1. The van der Waals surface area contributed by atoms with Crippen molar-refractivity contribution in [2.75, 3.05) is 18.4 Å². The molecule has 0 aliphatic heterocycles. The van der Waals surface area contributed by atoms with E-state index >= 15 is 0 Å². The fourth-order valence-corrected chi connectivity index (χ4v) is 4.42. The Balaban J connectivity index is 2.22. The lowest BCUT2D eigenvalue weighted by molar-refractivity contribution is 0.0941. The minimum Gasteiger partial charge on any atom is -0.350 e. The average Bonchev–Trinajstić information content (AvgIpc) is 2.69. The van der Waals surface area contributed by atoms with Gasteiger partial charge in [0.25, 0.3) is 11.8 Å². The Morgan fingerprint density at radius 3 is 2.07 bits per heavy atom. The molecule has 0 aromatic heterocycles. The van der Waals surface area contributed by atoms with Crippen LogP contribution in [0.5, 0.6) is 0 Å². The summed E-state index contributed by atoms with van der Waals surface area (Å²) in [5.41, 5.74) is 0.920. The zero-order valence-electron chi connectivity index (χ0n) is 17.4. The molecule has 2 aromatic rings. The molecule has 30 heavy (non-hydrogen) atoms. The van der Waals surface area contributed by atoms with Gasteiger partial charge in [0, 0.05) is 30.3 Å². The lowest BCUT2D eigenvalue weighted by Crippen LogP contribution is -2.30. The van der Waals surface area contributed by atoms with Gasteiger partial charge in [-0.3, -0.25) is 9.59 Å². The van der Waals surface area contributed by atoms with Gasteiger partial charge in [-0.15, -0.1) is 0 Å². The van der Waals surface area contributed by atoms with Crippen molar-refractivity contribution in [3.63, 3.8) is 0 Å². The highest BCUT2D eigenvalue weighted by Gasteiger charge is 2.22. The van der Waals surface area contributed by atoms with Crippen LogP contribution in [0.1, 0.15) is 48.4 Å². The number of amides is 2. The van der Waals surface area contributed by atoms with E-state index in [-0.39, 0.29) is 33.1 Å². The van der Waals surface area contributed by atoms with E-state index < -0.39 is 15.9 Å². The maximum atomic E-state index is 12.6. The van der Waals surface area contributed by atoms with Crippen molar-refractivity contribution in [2.24, 2.45) is 0 Å². The van der Waals surface area contributed by atoms with Crippen LogP contribution in [0.3, 0.4) is 0 Å². The van der Waals surface area contributed by atoms with Crippen molar-refractivity contribution >= 4 is 39.1 Å². The van der Waals surface area contributed by atoms with Crippen molar-refractivity contribution in [1.29, 1.82) is 0 Å². The molecule has 0 fully saturated rings. The van der Waals surface area contributed by atoms with Gasteiger partial charge in [-0.25, -0.2) is 8.42 Å². The highest BCUT2D eigenvalue weighted by atomic mass is 35.5. The third kappa shape index (κ3) is 5.59. The molecule has 0 bridgehead atoms. The van der Waals surface area contributed by atoms with Crippen LogP contribution in [0, 0.1) is 0 Å². The molecule has 9 heteroatoms. The van der Waals surface area contributed by atoms with Gasteiger partial charge in [0.15, 0.2) is 0 Å². The fourth-order valence-electron chi connectivity index (χ4n) is 2.79. The minimum atomic E-state index is -3.60. The molecule has 2 aromatic carbocycles. The summed E-state index contributed by atoms with van der Waals surface area (Å²) in [4.78, 5) is 24.9. The lowest BCUT2D eigenvalue weighted by atomic mass is 10.1. The summed E-state index contributed by atoms with van der Waals surface area (Å²) in [5, 5.41) is 5.72. The highest BCUT2D eigenvalue weighted by Crippen LogP contribution is 2.24. The Morgan fingerprint density at radius 2 is 1.53 bits per heavy atom. The second-order valence-corrected chi connectivity index (χ2v) is 9.24. The third-order valence-electron chi connectivity index (χ3n) is 4.36. The number of hydrogen-bond acceptors (Lipinski definition) is 4. The molecule has 0 aliphatic carbocycles. The van der Waals surface area contributed by atoms with Crippen LogP contribution in [-0.4, -0.2) is 43.7 Å². The topological polar surface area (TPSA) is 95.6 Å². The van der Waals surface area contributed by atoms with Gasteiger partial charge in [-0.1, -0.05) is 25.4 Å². The average molecular weight is 452 g/mol. The Bertz CT molecular complexity index is 1020. The number of anilines is 1. The van der Waals surface area contributed by atoms with E-state index in [9.17, 15) is 18.0 Å². The maximum Gasteiger partial charge on any atom is 0.255 e. The van der Waals surface area contributed by atoms with Crippen LogP contribution in [0.2, 0.25) is 5.02 Å². The molecule has 0 saturated carbocycles. The molecule has 162 valence electrons. The molecular formula is C21H26ClN3O4S. The predicted octanol–water partition coefficient (Wildman–Crippen LogP) is 3.76. The van der Waals surface area contributed by atoms with Crippen LogP contribution >= 0.6 is 11.6 Å².